The van der Waals surface area contributed by atoms with Crippen molar-refractivity contribution in [2.45, 2.75) is 6.92 Å². The van der Waals surface area contributed by atoms with Gasteiger partial charge in [-0.2, -0.15) is 0 Å². The molecule has 3 rings (SSSR count). The van der Waals surface area contributed by atoms with Crippen LogP contribution in [0.15, 0.2) is 59.4 Å². The molecular weight excluding hydrogens is 302 g/mol. The Bertz CT molecular complexity index is 916. The molecule has 3 aromatic rings. The van der Waals surface area contributed by atoms with Crippen LogP contribution in [0.3, 0.4) is 0 Å². The minimum atomic E-state index is -0.488. The van der Waals surface area contributed by atoms with Crippen molar-refractivity contribution in [1.82, 2.24) is 4.57 Å². The molecule has 0 aliphatic heterocycles. The third-order valence-electron chi connectivity index (χ3n) is 3.22. The van der Waals surface area contributed by atoms with Gasteiger partial charge < -0.3 is 4.74 Å². The quantitative estimate of drug-likeness (QED) is 0.680. The van der Waals surface area contributed by atoms with Gasteiger partial charge in [0.25, 0.3) is 5.56 Å². The molecule has 2 aromatic carbocycles. The van der Waals surface area contributed by atoms with E-state index in [4.69, 9.17) is 16.3 Å². The van der Waals surface area contributed by atoms with Crippen LogP contribution in [-0.2, 0) is 4.79 Å². The molecule has 5 heteroatoms. The Morgan fingerprint density at radius 3 is 2.50 bits per heavy atom. The summed E-state index contributed by atoms with van der Waals surface area (Å²) in [4.78, 5) is 23.7. The van der Waals surface area contributed by atoms with Crippen LogP contribution in [0.25, 0.3) is 16.6 Å². The lowest BCUT2D eigenvalue weighted by molar-refractivity contribution is -0.131. The number of para-hydroxylation sites is 2. The fraction of sp³-hybridized carbons (Fsp3) is 0.0588. The third-order valence-corrected chi connectivity index (χ3v) is 3.52. The highest BCUT2D eigenvalue weighted by atomic mass is 35.5. The van der Waals surface area contributed by atoms with Gasteiger partial charge in [0.05, 0.1) is 10.5 Å². The molecule has 0 saturated heterocycles. The van der Waals surface area contributed by atoms with Crippen LogP contribution in [0.1, 0.15) is 6.92 Å². The summed E-state index contributed by atoms with van der Waals surface area (Å²) in [5, 5.41) is 1.01. The van der Waals surface area contributed by atoms with E-state index in [1.165, 1.54) is 17.6 Å². The Morgan fingerprint density at radius 1 is 1.09 bits per heavy atom. The molecular formula is C17H12ClNO3. The maximum absolute atomic E-state index is 12.5. The van der Waals surface area contributed by atoms with Gasteiger partial charge in [-0.25, -0.2) is 0 Å². The lowest BCUT2D eigenvalue weighted by atomic mass is 10.1. The van der Waals surface area contributed by atoms with Crippen molar-refractivity contribution >= 4 is 28.5 Å². The number of hydrogen-bond donors (Lipinski definition) is 0. The lowest BCUT2D eigenvalue weighted by Gasteiger charge is -2.14. The second kappa shape index (κ2) is 5.66. The Labute approximate surface area is 131 Å². The number of nitrogens with zero attached hydrogens (tertiary/aromatic N) is 1. The van der Waals surface area contributed by atoms with Gasteiger partial charge in [0.15, 0.2) is 0 Å². The third kappa shape index (κ3) is 2.49. The Kier molecular flexibility index (Phi) is 3.69. The van der Waals surface area contributed by atoms with Crippen LogP contribution >= 0.6 is 11.6 Å². The fourth-order valence-electron chi connectivity index (χ4n) is 2.38. The highest BCUT2D eigenvalue weighted by Gasteiger charge is 2.14. The highest BCUT2D eigenvalue weighted by Crippen LogP contribution is 2.30. The van der Waals surface area contributed by atoms with Crippen molar-refractivity contribution < 1.29 is 9.53 Å². The number of ether oxygens (including phenoxy) is 1. The van der Waals surface area contributed by atoms with Gasteiger partial charge in [0, 0.05) is 24.1 Å². The van der Waals surface area contributed by atoms with Crippen LogP contribution in [0.5, 0.6) is 5.75 Å². The predicted octanol–water partition coefficient (Wildman–Crippen LogP) is 3.57. The van der Waals surface area contributed by atoms with Gasteiger partial charge in [-0.05, 0) is 24.3 Å². The monoisotopic (exact) mass is 313 g/mol. The lowest BCUT2D eigenvalue weighted by Crippen LogP contribution is -2.19. The summed E-state index contributed by atoms with van der Waals surface area (Å²) < 4.78 is 6.65. The number of pyridine rings is 1. The number of hydrogen-bond acceptors (Lipinski definition) is 3. The van der Waals surface area contributed by atoms with E-state index in [2.05, 4.69) is 0 Å². The molecule has 0 fully saturated rings. The van der Waals surface area contributed by atoms with E-state index < -0.39 is 5.97 Å². The highest BCUT2D eigenvalue weighted by molar-refractivity contribution is 6.35. The molecule has 110 valence electrons. The Hall–Kier alpha value is -2.59. The summed E-state index contributed by atoms with van der Waals surface area (Å²) in [6.07, 6.45) is 0. The number of esters is 1. The van der Waals surface area contributed by atoms with Gasteiger partial charge in [0.2, 0.25) is 0 Å². The fourth-order valence-corrected chi connectivity index (χ4v) is 2.64. The van der Waals surface area contributed by atoms with Crippen LogP contribution in [-0.4, -0.2) is 10.5 Å². The zero-order chi connectivity index (χ0) is 15.7. The summed E-state index contributed by atoms with van der Waals surface area (Å²) in [5.41, 5.74) is 0.891. The summed E-state index contributed by atoms with van der Waals surface area (Å²) >= 11 is 6.29. The number of fused-ring (bicyclic) bond motifs is 1. The second-order valence-corrected chi connectivity index (χ2v) is 5.15. The molecule has 0 amide bonds. The topological polar surface area (TPSA) is 48.3 Å². The molecule has 22 heavy (non-hydrogen) atoms. The van der Waals surface area contributed by atoms with Crippen LogP contribution in [0.4, 0.5) is 0 Å². The summed E-state index contributed by atoms with van der Waals surface area (Å²) in [7, 11) is 0. The Balaban J connectivity index is 2.42. The standard InChI is InChI=1S/C17H12ClNO3/c1-11(20)22-15-10-16(21)19(12-6-3-2-4-7-12)17-13(15)8-5-9-14(17)18/h2-10H,1H3. The number of carbonyl (C=O) groups excluding carboxylic acids is 1. The molecule has 0 N–H and O–H groups in total. The minimum Gasteiger partial charge on any atom is -0.426 e. The first kappa shape index (κ1) is 14.4. The molecule has 0 aliphatic rings. The molecule has 4 nitrogen and oxygen atoms in total. The first-order valence-electron chi connectivity index (χ1n) is 6.66. The number of carbonyl (C=O) groups is 1. The molecule has 0 unspecified atom stereocenters. The average molecular weight is 314 g/mol. The van der Waals surface area contributed by atoms with Crippen molar-refractivity contribution in [2.24, 2.45) is 0 Å². The van der Waals surface area contributed by atoms with E-state index in [0.29, 0.717) is 21.6 Å². The van der Waals surface area contributed by atoms with E-state index in [9.17, 15) is 9.59 Å². The van der Waals surface area contributed by atoms with E-state index >= 15 is 0 Å². The van der Waals surface area contributed by atoms with Gasteiger partial charge in [0.1, 0.15) is 5.75 Å². The van der Waals surface area contributed by atoms with Crippen molar-refractivity contribution in [3.8, 4) is 11.4 Å². The largest absolute Gasteiger partial charge is 0.426 e. The number of halogens is 1. The predicted molar refractivity (Wildman–Crippen MR) is 85.9 cm³/mol. The van der Waals surface area contributed by atoms with Crippen molar-refractivity contribution in [3.05, 3.63) is 70.0 Å². The number of benzene rings is 2. The number of rotatable bonds is 2. The zero-order valence-electron chi connectivity index (χ0n) is 11.7. The SMILES string of the molecule is CC(=O)Oc1cc(=O)n(-c2ccccc2)c2c(Cl)cccc12. The Morgan fingerprint density at radius 2 is 1.82 bits per heavy atom. The van der Waals surface area contributed by atoms with Crippen molar-refractivity contribution in [1.29, 1.82) is 0 Å². The van der Waals surface area contributed by atoms with Crippen LogP contribution < -0.4 is 10.3 Å². The maximum atomic E-state index is 12.5. The van der Waals surface area contributed by atoms with Crippen LogP contribution in [0, 0.1) is 0 Å². The average Bonchev–Trinajstić information content (AvgIpc) is 2.48. The zero-order valence-corrected chi connectivity index (χ0v) is 12.5. The van der Waals surface area contributed by atoms with Gasteiger partial charge in [-0.1, -0.05) is 35.9 Å². The van der Waals surface area contributed by atoms with Gasteiger partial charge >= 0.3 is 5.97 Å². The molecule has 0 saturated carbocycles. The summed E-state index contributed by atoms with van der Waals surface area (Å²) in [5.74, 6) is -0.277. The normalized spacial score (nSPS) is 10.6. The minimum absolute atomic E-state index is 0.210. The molecule has 0 aliphatic carbocycles. The van der Waals surface area contributed by atoms with Gasteiger partial charge in [-0.15, -0.1) is 0 Å². The molecule has 0 spiro atoms. The molecule has 0 atom stereocenters. The second-order valence-electron chi connectivity index (χ2n) is 4.75. The molecule has 0 bridgehead atoms. The number of aromatic nitrogens is 1. The van der Waals surface area contributed by atoms with Crippen molar-refractivity contribution in [3.63, 3.8) is 0 Å². The molecule has 0 radical (unpaired) electrons. The first-order chi connectivity index (χ1) is 10.6. The summed E-state index contributed by atoms with van der Waals surface area (Å²) in [6.45, 7) is 1.29. The van der Waals surface area contributed by atoms with Crippen molar-refractivity contribution in [2.75, 3.05) is 0 Å². The first-order valence-corrected chi connectivity index (χ1v) is 7.04. The van der Waals surface area contributed by atoms with E-state index in [-0.39, 0.29) is 11.3 Å². The smallest absolute Gasteiger partial charge is 0.308 e. The molecule has 1 heterocycles. The maximum Gasteiger partial charge on any atom is 0.308 e. The molecule has 1 aromatic heterocycles. The van der Waals surface area contributed by atoms with Gasteiger partial charge in [-0.3, -0.25) is 14.2 Å². The van der Waals surface area contributed by atoms with E-state index in [0.717, 1.165) is 0 Å². The van der Waals surface area contributed by atoms with E-state index in [1.807, 2.05) is 30.3 Å². The van der Waals surface area contributed by atoms with Crippen LogP contribution in [0.2, 0.25) is 5.02 Å². The summed E-state index contributed by atoms with van der Waals surface area (Å²) in [6, 6.07) is 15.7. The van der Waals surface area contributed by atoms with E-state index in [1.54, 1.807) is 18.2 Å².